The number of carbonyl (C=O) groups excluding carboxylic acids is 3. The van der Waals surface area contributed by atoms with Crippen molar-refractivity contribution in [1.29, 1.82) is 0 Å². The summed E-state index contributed by atoms with van der Waals surface area (Å²) in [5, 5.41) is 7.40. The number of benzene rings is 2. The lowest BCUT2D eigenvalue weighted by Crippen LogP contribution is -2.41. The number of alkyl halides is 3. The number of hydrogen-bond donors (Lipinski definition) is 3. The highest BCUT2D eigenvalue weighted by Crippen LogP contribution is 2.33. The normalized spacial score (nSPS) is 16.3. The van der Waals surface area contributed by atoms with Crippen LogP contribution in [0.15, 0.2) is 42.5 Å². The Bertz CT molecular complexity index is 979. The quantitative estimate of drug-likeness (QED) is 0.695. The summed E-state index contributed by atoms with van der Waals surface area (Å²) in [6, 6.07) is 8.05. The standard InChI is InChI=1S/C19H15ClF3N3O3/c20-12-6-5-10(19(21,22)23)9-15(12)24-16(27)8-7-14-18(29)25-13-4-2-1-3-11(13)17(28)26-14/h1-6,9,14H,7-8H2,(H,24,27)(H,25,29)(H,26,28). The van der Waals surface area contributed by atoms with E-state index in [0.29, 0.717) is 11.3 Å². The number of amides is 3. The van der Waals surface area contributed by atoms with E-state index in [1.54, 1.807) is 24.3 Å². The molecule has 152 valence electrons. The molecule has 0 bridgehead atoms. The zero-order valence-electron chi connectivity index (χ0n) is 14.8. The summed E-state index contributed by atoms with van der Waals surface area (Å²) in [4.78, 5) is 36.7. The topological polar surface area (TPSA) is 87.3 Å². The Labute approximate surface area is 168 Å². The molecular formula is C19H15ClF3N3O3. The molecule has 1 atom stereocenters. The largest absolute Gasteiger partial charge is 0.416 e. The zero-order chi connectivity index (χ0) is 21.2. The Morgan fingerprint density at radius 2 is 1.86 bits per heavy atom. The number of halogens is 4. The Morgan fingerprint density at radius 3 is 2.59 bits per heavy atom. The van der Waals surface area contributed by atoms with E-state index >= 15 is 0 Å². The van der Waals surface area contributed by atoms with Crippen LogP contribution in [-0.4, -0.2) is 23.8 Å². The summed E-state index contributed by atoms with van der Waals surface area (Å²) < 4.78 is 38.5. The molecule has 2 aromatic carbocycles. The van der Waals surface area contributed by atoms with Gasteiger partial charge in [-0.25, -0.2) is 0 Å². The van der Waals surface area contributed by atoms with Crippen molar-refractivity contribution in [2.24, 2.45) is 0 Å². The van der Waals surface area contributed by atoms with Crippen LogP contribution in [0.5, 0.6) is 0 Å². The van der Waals surface area contributed by atoms with Crippen molar-refractivity contribution in [1.82, 2.24) is 5.32 Å². The van der Waals surface area contributed by atoms with E-state index in [-0.39, 0.29) is 23.6 Å². The third kappa shape index (κ3) is 4.86. The summed E-state index contributed by atoms with van der Waals surface area (Å²) >= 11 is 5.85. The van der Waals surface area contributed by atoms with Crippen LogP contribution < -0.4 is 16.0 Å². The lowest BCUT2D eigenvalue weighted by atomic mass is 10.1. The van der Waals surface area contributed by atoms with E-state index in [1.165, 1.54) is 0 Å². The number of rotatable bonds is 4. The van der Waals surface area contributed by atoms with Gasteiger partial charge >= 0.3 is 6.18 Å². The molecule has 29 heavy (non-hydrogen) atoms. The third-order valence-corrected chi connectivity index (χ3v) is 4.61. The lowest BCUT2D eigenvalue weighted by molar-refractivity contribution is -0.137. The summed E-state index contributed by atoms with van der Waals surface area (Å²) in [6.45, 7) is 0. The zero-order valence-corrected chi connectivity index (χ0v) is 15.5. The molecule has 2 aromatic rings. The average molecular weight is 426 g/mol. The minimum atomic E-state index is -4.58. The average Bonchev–Trinajstić information content (AvgIpc) is 2.77. The van der Waals surface area contributed by atoms with Gasteiger partial charge in [0, 0.05) is 6.42 Å². The highest BCUT2D eigenvalue weighted by molar-refractivity contribution is 6.33. The van der Waals surface area contributed by atoms with Crippen LogP contribution in [0.25, 0.3) is 0 Å². The van der Waals surface area contributed by atoms with E-state index in [0.717, 1.165) is 18.2 Å². The molecule has 10 heteroatoms. The van der Waals surface area contributed by atoms with Gasteiger partial charge in [-0.2, -0.15) is 13.2 Å². The van der Waals surface area contributed by atoms with Gasteiger partial charge in [0.15, 0.2) is 0 Å². The number of carbonyl (C=O) groups is 3. The van der Waals surface area contributed by atoms with Gasteiger partial charge in [-0.15, -0.1) is 0 Å². The number of nitrogens with one attached hydrogen (secondary N) is 3. The molecule has 3 N–H and O–H groups in total. The first-order valence-corrected chi connectivity index (χ1v) is 8.90. The number of hydrogen-bond acceptors (Lipinski definition) is 3. The van der Waals surface area contributed by atoms with Crippen molar-refractivity contribution in [3.05, 3.63) is 58.6 Å². The molecule has 1 heterocycles. The SMILES string of the molecule is O=C(CCC1NC(=O)c2ccccc2NC1=O)Nc1cc(C(F)(F)F)ccc1Cl. The van der Waals surface area contributed by atoms with Crippen LogP contribution in [-0.2, 0) is 15.8 Å². The van der Waals surface area contributed by atoms with Crippen molar-refractivity contribution < 1.29 is 27.6 Å². The second-order valence-electron chi connectivity index (χ2n) is 6.34. The minimum absolute atomic E-state index is 0.0476. The second-order valence-corrected chi connectivity index (χ2v) is 6.75. The molecule has 3 rings (SSSR count). The molecule has 1 unspecified atom stereocenters. The first-order chi connectivity index (χ1) is 13.6. The molecule has 0 radical (unpaired) electrons. The van der Waals surface area contributed by atoms with Gasteiger partial charge in [0.05, 0.1) is 27.5 Å². The van der Waals surface area contributed by atoms with Gasteiger partial charge < -0.3 is 16.0 Å². The summed E-state index contributed by atoms with van der Waals surface area (Å²) in [5.41, 5.74) is -0.486. The maximum atomic E-state index is 12.8. The molecule has 0 saturated heterocycles. The van der Waals surface area contributed by atoms with Gasteiger partial charge in [0.1, 0.15) is 6.04 Å². The fraction of sp³-hybridized carbons (Fsp3) is 0.211. The Kier molecular flexibility index (Phi) is 5.78. The molecular weight excluding hydrogens is 411 g/mol. The van der Waals surface area contributed by atoms with E-state index < -0.39 is 35.5 Å². The van der Waals surface area contributed by atoms with Crippen LogP contribution in [0, 0.1) is 0 Å². The molecule has 0 fully saturated rings. The van der Waals surface area contributed by atoms with Crippen LogP contribution in [0.2, 0.25) is 5.02 Å². The number of anilines is 2. The maximum absolute atomic E-state index is 12.8. The predicted molar refractivity (Wildman–Crippen MR) is 101 cm³/mol. The number of para-hydroxylation sites is 1. The summed E-state index contributed by atoms with van der Waals surface area (Å²) in [6.07, 6.45) is -4.85. The van der Waals surface area contributed by atoms with Gasteiger partial charge in [-0.3, -0.25) is 14.4 Å². The Hall–Kier alpha value is -3.07. The Morgan fingerprint density at radius 1 is 1.14 bits per heavy atom. The van der Waals surface area contributed by atoms with Crippen molar-refractivity contribution in [2.75, 3.05) is 10.6 Å². The van der Waals surface area contributed by atoms with Crippen LogP contribution in [0.1, 0.15) is 28.8 Å². The van der Waals surface area contributed by atoms with Crippen molar-refractivity contribution in [2.45, 2.75) is 25.1 Å². The van der Waals surface area contributed by atoms with Gasteiger partial charge in [-0.05, 0) is 36.8 Å². The molecule has 0 saturated carbocycles. The van der Waals surface area contributed by atoms with E-state index in [2.05, 4.69) is 16.0 Å². The molecule has 0 aromatic heterocycles. The number of fused-ring (bicyclic) bond motifs is 1. The van der Waals surface area contributed by atoms with E-state index in [4.69, 9.17) is 11.6 Å². The molecule has 6 nitrogen and oxygen atoms in total. The molecule has 0 spiro atoms. The maximum Gasteiger partial charge on any atom is 0.416 e. The molecule has 0 aliphatic carbocycles. The highest BCUT2D eigenvalue weighted by atomic mass is 35.5. The minimum Gasteiger partial charge on any atom is -0.340 e. The summed E-state index contributed by atoms with van der Waals surface area (Å²) in [7, 11) is 0. The van der Waals surface area contributed by atoms with Gasteiger partial charge in [-0.1, -0.05) is 23.7 Å². The third-order valence-electron chi connectivity index (χ3n) is 4.28. The van der Waals surface area contributed by atoms with Crippen LogP contribution >= 0.6 is 11.6 Å². The van der Waals surface area contributed by atoms with Crippen LogP contribution in [0.4, 0.5) is 24.5 Å². The van der Waals surface area contributed by atoms with Crippen molar-refractivity contribution in [3.8, 4) is 0 Å². The molecule has 1 aliphatic rings. The van der Waals surface area contributed by atoms with E-state index in [9.17, 15) is 27.6 Å². The van der Waals surface area contributed by atoms with Gasteiger partial charge in [0.25, 0.3) is 5.91 Å². The smallest absolute Gasteiger partial charge is 0.340 e. The fourth-order valence-electron chi connectivity index (χ4n) is 2.80. The second kappa shape index (κ2) is 8.12. The predicted octanol–water partition coefficient (Wildman–Crippen LogP) is 3.83. The van der Waals surface area contributed by atoms with Crippen LogP contribution in [0.3, 0.4) is 0 Å². The van der Waals surface area contributed by atoms with Crippen molar-refractivity contribution >= 4 is 40.7 Å². The lowest BCUT2D eigenvalue weighted by Gasteiger charge is -2.15. The first kappa shape index (κ1) is 20.7. The summed E-state index contributed by atoms with van der Waals surface area (Å²) in [5.74, 6) is -1.60. The first-order valence-electron chi connectivity index (χ1n) is 8.52. The van der Waals surface area contributed by atoms with Gasteiger partial charge in [0.2, 0.25) is 11.8 Å². The molecule has 1 aliphatic heterocycles. The van der Waals surface area contributed by atoms with Crippen molar-refractivity contribution in [3.63, 3.8) is 0 Å². The highest BCUT2D eigenvalue weighted by Gasteiger charge is 2.31. The monoisotopic (exact) mass is 425 g/mol. The fourth-order valence-corrected chi connectivity index (χ4v) is 2.97. The Balaban J connectivity index is 1.64. The van der Waals surface area contributed by atoms with E-state index in [1.807, 2.05) is 0 Å². The molecule has 3 amide bonds.